The summed E-state index contributed by atoms with van der Waals surface area (Å²) in [6.45, 7) is 9.53. The van der Waals surface area contributed by atoms with Crippen LogP contribution in [-0.2, 0) is 10.8 Å². The van der Waals surface area contributed by atoms with E-state index in [0.29, 0.717) is 0 Å². The van der Waals surface area contributed by atoms with E-state index in [2.05, 4.69) is 198 Å². The summed E-state index contributed by atoms with van der Waals surface area (Å²) in [6.07, 6.45) is 0. The van der Waals surface area contributed by atoms with Gasteiger partial charge in [0.2, 0.25) is 0 Å². The molecule has 0 atom stereocenters. The molecule has 0 N–H and O–H groups in total. The Kier molecular flexibility index (Phi) is 6.46. The monoisotopic (exact) mass is 688 g/mol. The zero-order valence-electron chi connectivity index (χ0n) is 31.2. The van der Waals surface area contributed by atoms with Crippen molar-refractivity contribution in [2.45, 2.75) is 38.5 Å². The van der Waals surface area contributed by atoms with E-state index < -0.39 is 0 Å². The minimum atomic E-state index is -0.0909. The Balaban J connectivity index is 1.27. The molecule has 9 aromatic carbocycles. The lowest BCUT2D eigenvalue weighted by molar-refractivity contribution is 0.660. The minimum absolute atomic E-state index is 0.0795. The second kappa shape index (κ2) is 11.1. The summed E-state index contributed by atoms with van der Waals surface area (Å²) in [5.74, 6) is 0. The van der Waals surface area contributed by atoms with Gasteiger partial charge >= 0.3 is 0 Å². The van der Waals surface area contributed by atoms with Gasteiger partial charge in [-0.15, -0.1) is 0 Å². The first-order valence-corrected chi connectivity index (χ1v) is 19.3. The SMILES string of the molecule is CC1(C)c2ccccc2-c2ccc(-c3c4ccccc4c(-c4cccc5c4-c4ccccc4C5(C)C)c4ccc(-c5cccc6ccccc56)cc34)cc21. The number of rotatable bonds is 3. The summed E-state index contributed by atoms with van der Waals surface area (Å²) in [5, 5.41) is 7.68. The summed E-state index contributed by atoms with van der Waals surface area (Å²) in [7, 11) is 0. The van der Waals surface area contributed by atoms with Gasteiger partial charge in [0.05, 0.1) is 0 Å². The Bertz CT molecular complexity index is 3040. The third-order valence-corrected chi connectivity index (χ3v) is 12.9. The molecule has 0 saturated carbocycles. The molecule has 11 rings (SSSR count). The van der Waals surface area contributed by atoms with Crippen LogP contribution >= 0.6 is 0 Å². The third-order valence-electron chi connectivity index (χ3n) is 12.9. The van der Waals surface area contributed by atoms with Crippen molar-refractivity contribution >= 4 is 32.3 Å². The van der Waals surface area contributed by atoms with E-state index in [4.69, 9.17) is 0 Å². The van der Waals surface area contributed by atoms with Crippen molar-refractivity contribution in [1.29, 1.82) is 0 Å². The first kappa shape index (κ1) is 31.3. The van der Waals surface area contributed by atoms with Crippen LogP contribution in [0.4, 0.5) is 0 Å². The Morgan fingerprint density at radius 3 is 1.61 bits per heavy atom. The Labute approximate surface area is 317 Å². The Morgan fingerprint density at radius 2 is 0.796 bits per heavy atom. The zero-order valence-corrected chi connectivity index (χ0v) is 31.2. The molecule has 0 heteroatoms. The molecule has 54 heavy (non-hydrogen) atoms. The van der Waals surface area contributed by atoms with Crippen molar-refractivity contribution in [3.63, 3.8) is 0 Å². The van der Waals surface area contributed by atoms with Gasteiger partial charge in [-0.1, -0.05) is 185 Å². The van der Waals surface area contributed by atoms with Crippen molar-refractivity contribution in [3.05, 3.63) is 192 Å². The fraction of sp³-hybridized carbons (Fsp3) is 0.111. The van der Waals surface area contributed by atoms with E-state index in [-0.39, 0.29) is 10.8 Å². The van der Waals surface area contributed by atoms with E-state index >= 15 is 0 Å². The molecule has 0 saturated heterocycles. The van der Waals surface area contributed by atoms with Crippen LogP contribution < -0.4 is 0 Å². The van der Waals surface area contributed by atoms with Crippen molar-refractivity contribution in [2.75, 3.05) is 0 Å². The number of fused-ring (bicyclic) bond motifs is 9. The van der Waals surface area contributed by atoms with E-state index in [1.807, 2.05) is 0 Å². The summed E-state index contributed by atoms with van der Waals surface area (Å²) < 4.78 is 0. The molecule has 0 aliphatic heterocycles. The van der Waals surface area contributed by atoms with E-state index in [0.717, 1.165) is 0 Å². The van der Waals surface area contributed by atoms with Gasteiger partial charge in [-0.25, -0.2) is 0 Å². The van der Waals surface area contributed by atoms with Crippen molar-refractivity contribution < 1.29 is 0 Å². The molecule has 2 aliphatic rings. The van der Waals surface area contributed by atoms with Crippen LogP contribution in [0.3, 0.4) is 0 Å². The summed E-state index contributed by atoms with van der Waals surface area (Å²) in [6, 6.07) is 64.1. The molecule has 2 aliphatic carbocycles. The predicted octanol–water partition coefficient (Wildman–Crippen LogP) is 14.8. The lowest BCUT2D eigenvalue weighted by Gasteiger charge is -2.24. The lowest BCUT2D eigenvalue weighted by Crippen LogP contribution is -2.14. The quantitative estimate of drug-likeness (QED) is 0.162. The molecule has 0 bridgehead atoms. The van der Waals surface area contributed by atoms with Gasteiger partial charge in [0.1, 0.15) is 0 Å². The fourth-order valence-electron chi connectivity index (χ4n) is 10.2. The highest BCUT2D eigenvalue weighted by Crippen LogP contribution is 2.56. The molecular weight excluding hydrogens is 649 g/mol. The summed E-state index contributed by atoms with van der Waals surface area (Å²) in [4.78, 5) is 0. The molecule has 256 valence electrons. The Hall–Kier alpha value is -6.24. The van der Waals surface area contributed by atoms with Crippen LogP contribution in [0.25, 0.3) is 88.0 Å². The highest BCUT2D eigenvalue weighted by molar-refractivity contribution is 6.23. The fourth-order valence-corrected chi connectivity index (χ4v) is 10.2. The number of benzene rings is 9. The van der Waals surface area contributed by atoms with Gasteiger partial charge in [-0.05, 0) is 122 Å². The zero-order chi connectivity index (χ0) is 36.3. The van der Waals surface area contributed by atoms with Crippen LogP contribution in [0.1, 0.15) is 49.9 Å². The van der Waals surface area contributed by atoms with Gasteiger partial charge in [-0.3, -0.25) is 0 Å². The molecule has 0 spiro atoms. The number of hydrogen-bond acceptors (Lipinski definition) is 0. The minimum Gasteiger partial charge on any atom is -0.0619 e. The molecular formula is C54H40. The first-order valence-electron chi connectivity index (χ1n) is 19.3. The van der Waals surface area contributed by atoms with Crippen molar-refractivity contribution in [2.24, 2.45) is 0 Å². The van der Waals surface area contributed by atoms with Crippen LogP contribution in [-0.4, -0.2) is 0 Å². The normalized spacial score (nSPS) is 14.6. The lowest BCUT2D eigenvalue weighted by atomic mass is 9.79. The standard InChI is InChI=1S/C54H40/c1-53(2)47-25-12-10-21-43(47)52-44(23-14-26-48(52)53)51-41-20-8-7-19-40(41)50(35-28-29-39-38-18-9-11-24-46(38)54(3,4)49(39)32-35)45-31-34(27-30-42(45)51)37-22-13-16-33-15-5-6-17-36(33)37/h5-32H,1-4H3. The molecule has 0 heterocycles. The molecule has 0 unspecified atom stereocenters. The second-order valence-electron chi connectivity index (χ2n) is 16.4. The van der Waals surface area contributed by atoms with Crippen LogP contribution in [0.2, 0.25) is 0 Å². The largest absolute Gasteiger partial charge is 0.0619 e. The average molecular weight is 689 g/mol. The second-order valence-corrected chi connectivity index (χ2v) is 16.4. The van der Waals surface area contributed by atoms with E-state index in [9.17, 15) is 0 Å². The maximum absolute atomic E-state index is 2.50. The molecule has 0 radical (unpaired) electrons. The van der Waals surface area contributed by atoms with Gasteiger partial charge in [0.25, 0.3) is 0 Å². The van der Waals surface area contributed by atoms with Crippen molar-refractivity contribution in [3.8, 4) is 55.6 Å². The maximum Gasteiger partial charge on any atom is 0.0159 e. The molecule has 0 nitrogen and oxygen atoms in total. The van der Waals surface area contributed by atoms with Crippen LogP contribution in [0, 0.1) is 0 Å². The Morgan fingerprint density at radius 1 is 0.278 bits per heavy atom. The smallest absolute Gasteiger partial charge is 0.0159 e. The van der Waals surface area contributed by atoms with E-state index in [1.165, 1.54) is 110 Å². The first-order chi connectivity index (χ1) is 26.3. The van der Waals surface area contributed by atoms with Crippen LogP contribution in [0.5, 0.6) is 0 Å². The highest BCUT2D eigenvalue weighted by Gasteiger charge is 2.38. The topological polar surface area (TPSA) is 0 Å². The highest BCUT2D eigenvalue weighted by atomic mass is 14.4. The van der Waals surface area contributed by atoms with Gasteiger partial charge in [0.15, 0.2) is 0 Å². The summed E-state index contributed by atoms with van der Waals surface area (Å²) in [5.41, 5.74) is 18.5. The van der Waals surface area contributed by atoms with E-state index in [1.54, 1.807) is 0 Å². The number of hydrogen-bond donors (Lipinski definition) is 0. The molecule has 0 amide bonds. The van der Waals surface area contributed by atoms with Crippen molar-refractivity contribution in [1.82, 2.24) is 0 Å². The average Bonchev–Trinajstić information content (AvgIpc) is 3.59. The van der Waals surface area contributed by atoms with Gasteiger partial charge < -0.3 is 0 Å². The molecule has 9 aromatic rings. The van der Waals surface area contributed by atoms with Gasteiger partial charge in [0, 0.05) is 10.8 Å². The third kappa shape index (κ3) is 4.20. The predicted molar refractivity (Wildman–Crippen MR) is 230 cm³/mol. The molecule has 0 fully saturated rings. The van der Waals surface area contributed by atoms with Crippen LogP contribution in [0.15, 0.2) is 170 Å². The van der Waals surface area contributed by atoms with Gasteiger partial charge in [-0.2, -0.15) is 0 Å². The maximum atomic E-state index is 2.50. The molecule has 0 aromatic heterocycles. The summed E-state index contributed by atoms with van der Waals surface area (Å²) >= 11 is 0.